The number of rotatable bonds is 2. The van der Waals surface area contributed by atoms with Crippen LogP contribution in [0.15, 0.2) is 18.2 Å². The van der Waals surface area contributed by atoms with Crippen LogP contribution in [0.25, 0.3) is 0 Å². The first kappa shape index (κ1) is 11.2. The lowest BCUT2D eigenvalue weighted by molar-refractivity contribution is 0.280. The molecule has 0 saturated heterocycles. The van der Waals surface area contributed by atoms with Crippen LogP contribution < -0.4 is 5.73 Å². The molecule has 1 aromatic rings. The van der Waals surface area contributed by atoms with Crippen molar-refractivity contribution in [1.29, 1.82) is 0 Å². The monoisotopic (exact) mass is 193 g/mol. The van der Waals surface area contributed by atoms with Crippen molar-refractivity contribution in [1.82, 2.24) is 0 Å². The lowest BCUT2D eigenvalue weighted by Crippen LogP contribution is -2.12. The highest BCUT2D eigenvalue weighted by Gasteiger charge is 2.14. The van der Waals surface area contributed by atoms with Gasteiger partial charge < -0.3 is 10.8 Å². The number of nitrogens with two attached hydrogens (primary N) is 1. The Morgan fingerprint density at radius 2 is 1.86 bits per heavy atom. The molecule has 0 bridgehead atoms. The minimum absolute atomic E-state index is 0.0659. The molecule has 0 aliphatic carbocycles. The van der Waals surface area contributed by atoms with E-state index in [0.717, 1.165) is 11.1 Å². The Morgan fingerprint density at radius 1 is 1.21 bits per heavy atom. The molecule has 2 nitrogen and oxygen atoms in total. The summed E-state index contributed by atoms with van der Waals surface area (Å²) in [6, 6.07) is 6.13. The minimum atomic E-state index is 0.0659. The fourth-order valence-electron chi connectivity index (χ4n) is 1.44. The molecule has 0 aromatic heterocycles. The van der Waals surface area contributed by atoms with Crippen LogP contribution >= 0.6 is 0 Å². The van der Waals surface area contributed by atoms with Gasteiger partial charge in [0.2, 0.25) is 0 Å². The van der Waals surface area contributed by atoms with Gasteiger partial charge in [0, 0.05) is 6.54 Å². The molecular weight excluding hydrogens is 174 g/mol. The first-order chi connectivity index (χ1) is 6.49. The van der Waals surface area contributed by atoms with Gasteiger partial charge in [0.15, 0.2) is 0 Å². The summed E-state index contributed by atoms with van der Waals surface area (Å²) in [4.78, 5) is 0. The number of aliphatic hydroxyl groups is 1. The van der Waals surface area contributed by atoms with Crippen molar-refractivity contribution in [3.05, 3.63) is 34.9 Å². The Balaban J connectivity index is 3.14. The molecule has 0 unspecified atom stereocenters. The Morgan fingerprint density at radius 3 is 2.29 bits per heavy atom. The van der Waals surface area contributed by atoms with E-state index in [1.54, 1.807) is 0 Å². The Labute approximate surface area is 85.8 Å². The summed E-state index contributed by atoms with van der Waals surface area (Å²) < 4.78 is 0. The molecule has 3 N–H and O–H groups in total. The molecule has 0 saturated carbocycles. The SMILES string of the molecule is CC(C)(C)c1ccc(CN)c(CO)c1. The molecule has 0 heterocycles. The lowest BCUT2D eigenvalue weighted by atomic mass is 9.85. The van der Waals surface area contributed by atoms with Crippen molar-refractivity contribution in [2.75, 3.05) is 0 Å². The molecular formula is C12H19NO. The molecule has 78 valence electrons. The second kappa shape index (κ2) is 4.11. The van der Waals surface area contributed by atoms with E-state index >= 15 is 0 Å². The van der Waals surface area contributed by atoms with Gasteiger partial charge in [0.1, 0.15) is 0 Å². The quantitative estimate of drug-likeness (QED) is 0.754. The fraction of sp³-hybridized carbons (Fsp3) is 0.500. The average Bonchev–Trinajstić information content (AvgIpc) is 2.15. The molecule has 14 heavy (non-hydrogen) atoms. The van der Waals surface area contributed by atoms with E-state index in [0.29, 0.717) is 6.54 Å². The average molecular weight is 193 g/mol. The number of aliphatic hydroxyl groups excluding tert-OH is 1. The molecule has 0 atom stereocenters. The Bertz CT molecular complexity index is 313. The molecule has 2 heteroatoms. The predicted molar refractivity (Wildman–Crippen MR) is 59.0 cm³/mol. The van der Waals surface area contributed by atoms with Crippen molar-refractivity contribution >= 4 is 0 Å². The van der Waals surface area contributed by atoms with Gasteiger partial charge in [0.05, 0.1) is 6.61 Å². The molecule has 0 radical (unpaired) electrons. The first-order valence-corrected chi connectivity index (χ1v) is 4.92. The van der Waals surface area contributed by atoms with E-state index in [4.69, 9.17) is 5.73 Å². The number of hydrogen-bond acceptors (Lipinski definition) is 2. The van der Waals surface area contributed by atoms with Crippen LogP contribution in [0, 0.1) is 0 Å². The topological polar surface area (TPSA) is 46.2 Å². The summed E-state index contributed by atoms with van der Waals surface area (Å²) in [5.74, 6) is 0. The van der Waals surface area contributed by atoms with Crippen LogP contribution in [0.1, 0.15) is 37.5 Å². The summed E-state index contributed by atoms with van der Waals surface area (Å²) in [6.07, 6.45) is 0. The first-order valence-electron chi connectivity index (χ1n) is 4.92. The van der Waals surface area contributed by atoms with Gasteiger partial charge in [-0.15, -0.1) is 0 Å². The van der Waals surface area contributed by atoms with Crippen molar-refractivity contribution in [2.24, 2.45) is 5.73 Å². The van der Waals surface area contributed by atoms with Crippen molar-refractivity contribution in [2.45, 2.75) is 39.3 Å². The Hall–Kier alpha value is -0.860. The van der Waals surface area contributed by atoms with Crippen LogP contribution in [0.3, 0.4) is 0 Å². The molecule has 0 spiro atoms. The zero-order valence-electron chi connectivity index (χ0n) is 9.17. The second-order valence-corrected chi connectivity index (χ2v) is 4.60. The maximum atomic E-state index is 9.18. The van der Waals surface area contributed by atoms with E-state index in [1.807, 2.05) is 12.1 Å². The number of hydrogen-bond donors (Lipinski definition) is 2. The van der Waals surface area contributed by atoms with Gasteiger partial charge in [-0.2, -0.15) is 0 Å². The predicted octanol–water partition coefficient (Wildman–Crippen LogP) is 1.94. The fourth-order valence-corrected chi connectivity index (χ4v) is 1.44. The van der Waals surface area contributed by atoms with Crippen LogP contribution in [0.2, 0.25) is 0 Å². The number of benzene rings is 1. The van der Waals surface area contributed by atoms with Crippen molar-refractivity contribution in [3.63, 3.8) is 0 Å². The van der Waals surface area contributed by atoms with Gasteiger partial charge in [-0.1, -0.05) is 39.0 Å². The highest BCUT2D eigenvalue weighted by Crippen LogP contribution is 2.24. The highest BCUT2D eigenvalue weighted by molar-refractivity contribution is 5.34. The smallest absolute Gasteiger partial charge is 0.0685 e. The van der Waals surface area contributed by atoms with E-state index in [2.05, 4.69) is 26.8 Å². The maximum absolute atomic E-state index is 9.18. The van der Waals surface area contributed by atoms with Crippen LogP contribution in [-0.2, 0) is 18.6 Å². The molecule has 0 fully saturated rings. The van der Waals surface area contributed by atoms with Gasteiger partial charge in [-0.05, 0) is 22.1 Å². The van der Waals surface area contributed by atoms with Crippen LogP contribution in [-0.4, -0.2) is 5.11 Å². The lowest BCUT2D eigenvalue weighted by Gasteiger charge is -2.20. The van der Waals surface area contributed by atoms with Gasteiger partial charge in [-0.3, -0.25) is 0 Å². The normalized spacial score (nSPS) is 11.8. The summed E-state index contributed by atoms with van der Waals surface area (Å²) >= 11 is 0. The molecule has 1 aromatic carbocycles. The summed E-state index contributed by atoms with van der Waals surface area (Å²) in [5, 5.41) is 9.18. The molecule has 0 amide bonds. The highest BCUT2D eigenvalue weighted by atomic mass is 16.3. The third-order valence-electron chi connectivity index (χ3n) is 2.46. The van der Waals surface area contributed by atoms with E-state index < -0.39 is 0 Å². The van der Waals surface area contributed by atoms with E-state index in [9.17, 15) is 5.11 Å². The van der Waals surface area contributed by atoms with Crippen molar-refractivity contribution in [3.8, 4) is 0 Å². The van der Waals surface area contributed by atoms with Crippen LogP contribution in [0.4, 0.5) is 0 Å². The Kier molecular flexibility index (Phi) is 3.29. The summed E-state index contributed by atoms with van der Waals surface area (Å²) in [6.45, 7) is 7.03. The molecule has 1 rings (SSSR count). The van der Waals surface area contributed by atoms with E-state index in [-0.39, 0.29) is 12.0 Å². The third kappa shape index (κ3) is 2.34. The van der Waals surface area contributed by atoms with Crippen LogP contribution in [0.5, 0.6) is 0 Å². The van der Waals surface area contributed by atoms with Gasteiger partial charge >= 0.3 is 0 Å². The summed E-state index contributed by atoms with van der Waals surface area (Å²) in [7, 11) is 0. The standard InChI is InChI=1S/C12H19NO/c1-12(2,3)11-5-4-9(7-13)10(6-11)8-14/h4-6,14H,7-8,13H2,1-3H3. The molecule has 0 aliphatic rings. The van der Waals surface area contributed by atoms with E-state index in [1.165, 1.54) is 5.56 Å². The second-order valence-electron chi connectivity index (χ2n) is 4.60. The van der Waals surface area contributed by atoms with Crippen molar-refractivity contribution < 1.29 is 5.11 Å². The molecule has 0 aliphatic heterocycles. The maximum Gasteiger partial charge on any atom is 0.0685 e. The third-order valence-corrected chi connectivity index (χ3v) is 2.46. The minimum Gasteiger partial charge on any atom is -0.392 e. The zero-order chi connectivity index (χ0) is 10.8. The van der Waals surface area contributed by atoms with Gasteiger partial charge in [0.25, 0.3) is 0 Å². The summed E-state index contributed by atoms with van der Waals surface area (Å²) in [5.41, 5.74) is 8.90. The van der Waals surface area contributed by atoms with Gasteiger partial charge in [-0.25, -0.2) is 0 Å². The largest absolute Gasteiger partial charge is 0.392 e. The zero-order valence-corrected chi connectivity index (χ0v) is 9.17.